The van der Waals surface area contributed by atoms with E-state index in [4.69, 9.17) is 18.6 Å². The van der Waals surface area contributed by atoms with Crippen molar-refractivity contribution in [3.63, 3.8) is 0 Å². The van der Waals surface area contributed by atoms with Crippen molar-refractivity contribution in [2.24, 2.45) is 0 Å². The minimum absolute atomic E-state index is 0.0844. The van der Waals surface area contributed by atoms with Crippen LogP contribution in [0.2, 0.25) is 0 Å². The van der Waals surface area contributed by atoms with Gasteiger partial charge in [-0.25, -0.2) is 4.79 Å². The first-order valence-electron chi connectivity index (χ1n) is 8.67. The molecule has 144 valence electrons. The van der Waals surface area contributed by atoms with Crippen molar-refractivity contribution in [3.8, 4) is 11.7 Å². The minimum Gasteiger partial charge on any atom is -0.492 e. The van der Waals surface area contributed by atoms with Gasteiger partial charge in [-0.3, -0.25) is 0 Å². The summed E-state index contributed by atoms with van der Waals surface area (Å²) >= 11 is 3.52. The molecule has 0 fully saturated rings. The van der Waals surface area contributed by atoms with Crippen molar-refractivity contribution >= 4 is 33.1 Å². The number of halogens is 1. The second-order valence-electron chi connectivity index (χ2n) is 6.93. The summed E-state index contributed by atoms with van der Waals surface area (Å²) in [7, 11) is 0. The topological polar surface area (TPSA) is 69.9 Å². The van der Waals surface area contributed by atoms with Gasteiger partial charge in [-0.2, -0.15) is 0 Å². The zero-order valence-corrected chi connectivity index (χ0v) is 17.5. The standard InChI is InChI=1S/C19H26BrNO5/c1-6-23-18(22)26-17-12(2)15-14(25-17)9-8-13(20)16(15)24-11-7-10-21-19(3,4)5/h8-9,21H,6-7,10-11H2,1-5H3. The zero-order valence-electron chi connectivity index (χ0n) is 15.9. The molecule has 1 aromatic heterocycles. The van der Waals surface area contributed by atoms with Gasteiger partial charge in [0, 0.05) is 11.1 Å². The first-order chi connectivity index (χ1) is 12.2. The monoisotopic (exact) mass is 427 g/mol. The molecule has 0 spiro atoms. The first-order valence-corrected chi connectivity index (χ1v) is 9.46. The predicted octanol–water partition coefficient (Wildman–Crippen LogP) is 5.20. The maximum absolute atomic E-state index is 11.6. The van der Waals surface area contributed by atoms with Crippen LogP contribution in [0.4, 0.5) is 4.79 Å². The lowest BCUT2D eigenvalue weighted by atomic mass is 10.1. The molecular formula is C19H26BrNO5. The van der Waals surface area contributed by atoms with E-state index in [1.165, 1.54) is 0 Å². The van der Waals surface area contributed by atoms with Gasteiger partial charge in [-0.15, -0.1) is 0 Å². The van der Waals surface area contributed by atoms with E-state index in [0.29, 0.717) is 23.5 Å². The molecule has 1 N–H and O–H groups in total. The third-order valence-corrected chi connectivity index (χ3v) is 4.24. The SMILES string of the molecule is CCOC(=O)Oc1oc2ccc(Br)c(OCCCNC(C)(C)C)c2c1C. The van der Waals surface area contributed by atoms with E-state index in [-0.39, 0.29) is 18.1 Å². The Balaban J connectivity index is 2.14. The summed E-state index contributed by atoms with van der Waals surface area (Å²) in [5, 5.41) is 4.21. The third kappa shape index (κ3) is 5.38. The quantitative estimate of drug-likeness (QED) is 0.483. The Kier molecular flexibility index (Phi) is 6.94. The summed E-state index contributed by atoms with van der Waals surface area (Å²) in [5.74, 6) is 0.800. The number of carbonyl (C=O) groups excluding carboxylic acids is 1. The van der Waals surface area contributed by atoms with Gasteiger partial charge >= 0.3 is 6.16 Å². The van der Waals surface area contributed by atoms with Crippen LogP contribution in [0.3, 0.4) is 0 Å². The number of carbonyl (C=O) groups is 1. The van der Waals surface area contributed by atoms with Crippen molar-refractivity contribution in [2.45, 2.75) is 46.6 Å². The Morgan fingerprint density at radius 1 is 1.31 bits per heavy atom. The number of rotatable bonds is 7. The van der Waals surface area contributed by atoms with E-state index in [9.17, 15) is 4.79 Å². The molecule has 0 bridgehead atoms. The Morgan fingerprint density at radius 2 is 2.04 bits per heavy atom. The van der Waals surface area contributed by atoms with Gasteiger partial charge in [0.1, 0.15) is 11.3 Å². The summed E-state index contributed by atoms with van der Waals surface area (Å²) in [6, 6.07) is 3.65. The molecule has 0 aliphatic carbocycles. The van der Waals surface area contributed by atoms with Gasteiger partial charge in [0.25, 0.3) is 5.95 Å². The molecule has 0 aliphatic heterocycles. The molecular weight excluding hydrogens is 402 g/mol. The third-order valence-electron chi connectivity index (χ3n) is 3.62. The van der Waals surface area contributed by atoms with E-state index in [1.54, 1.807) is 13.0 Å². The highest BCUT2D eigenvalue weighted by molar-refractivity contribution is 9.10. The van der Waals surface area contributed by atoms with Gasteiger partial charge in [-0.05, 0) is 75.6 Å². The maximum Gasteiger partial charge on any atom is 0.516 e. The summed E-state index contributed by atoms with van der Waals surface area (Å²) in [6.45, 7) is 11.6. The number of aryl methyl sites for hydroxylation is 1. The summed E-state index contributed by atoms with van der Waals surface area (Å²) in [5.41, 5.74) is 1.37. The fourth-order valence-electron chi connectivity index (χ4n) is 2.43. The van der Waals surface area contributed by atoms with E-state index in [1.807, 2.05) is 13.0 Å². The van der Waals surface area contributed by atoms with Crippen LogP contribution < -0.4 is 14.8 Å². The zero-order chi connectivity index (χ0) is 19.3. The molecule has 0 saturated heterocycles. The highest BCUT2D eigenvalue weighted by Crippen LogP contribution is 2.41. The average Bonchev–Trinajstić information content (AvgIpc) is 2.84. The van der Waals surface area contributed by atoms with Gasteiger partial charge in [-0.1, -0.05) is 0 Å². The maximum atomic E-state index is 11.6. The summed E-state index contributed by atoms with van der Waals surface area (Å²) in [6.07, 6.45) is 0.0767. The van der Waals surface area contributed by atoms with Crippen LogP contribution in [0, 0.1) is 6.92 Å². The number of ether oxygens (including phenoxy) is 3. The van der Waals surface area contributed by atoms with Crippen molar-refractivity contribution in [2.75, 3.05) is 19.8 Å². The van der Waals surface area contributed by atoms with Crippen LogP contribution in [0.1, 0.15) is 39.7 Å². The number of fused-ring (bicyclic) bond motifs is 1. The lowest BCUT2D eigenvalue weighted by Crippen LogP contribution is -2.36. The Bertz CT molecular complexity index is 763. The molecule has 0 unspecified atom stereocenters. The van der Waals surface area contributed by atoms with Crippen LogP contribution in [0.25, 0.3) is 11.0 Å². The highest BCUT2D eigenvalue weighted by atomic mass is 79.9. The van der Waals surface area contributed by atoms with Crippen LogP contribution in [0.15, 0.2) is 21.0 Å². The summed E-state index contributed by atoms with van der Waals surface area (Å²) in [4.78, 5) is 11.6. The van der Waals surface area contributed by atoms with Gasteiger partial charge < -0.3 is 23.9 Å². The molecule has 0 aliphatic rings. The predicted molar refractivity (Wildman–Crippen MR) is 104 cm³/mol. The largest absolute Gasteiger partial charge is 0.516 e. The van der Waals surface area contributed by atoms with E-state index < -0.39 is 6.16 Å². The smallest absolute Gasteiger partial charge is 0.492 e. The van der Waals surface area contributed by atoms with Gasteiger partial charge in [0.15, 0.2) is 0 Å². The summed E-state index contributed by atoms with van der Waals surface area (Å²) < 4.78 is 22.4. The second kappa shape index (κ2) is 8.77. The molecule has 0 atom stereocenters. The van der Waals surface area contributed by atoms with Crippen LogP contribution in [0.5, 0.6) is 11.7 Å². The molecule has 6 nitrogen and oxygen atoms in total. The average molecular weight is 428 g/mol. The Hall–Kier alpha value is -1.73. The van der Waals surface area contributed by atoms with Crippen molar-refractivity contribution < 1.29 is 23.4 Å². The van der Waals surface area contributed by atoms with E-state index in [2.05, 4.69) is 42.0 Å². The van der Waals surface area contributed by atoms with Gasteiger partial charge in [0.05, 0.1) is 23.1 Å². The molecule has 0 saturated carbocycles. The molecule has 26 heavy (non-hydrogen) atoms. The second-order valence-corrected chi connectivity index (χ2v) is 7.78. The van der Waals surface area contributed by atoms with Crippen LogP contribution in [-0.4, -0.2) is 31.5 Å². The fraction of sp³-hybridized carbons (Fsp3) is 0.526. The molecule has 2 aromatic rings. The lowest BCUT2D eigenvalue weighted by Gasteiger charge is -2.20. The van der Waals surface area contributed by atoms with Gasteiger partial charge in [0.2, 0.25) is 0 Å². The van der Waals surface area contributed by atoms with Crippen molar-refractivity contribution in [1.29, 1.82) is 0 Å². The highest BCUT2D eigenvalue weighted by Gasteiger charge is 2.21. The molecule has 1 heterocycles. The van der Waals surface area contributed by atoms with Crippen LogP contribution >= 0.6 is 15.9 Å². The van der Waals surface area contributed by atoms with Crippen molar-refractivity contribution in [1.82, 2.24) is 5.32 Å². The number of nitrogens with one attached hydrogen (secondary N) is 1. The first kappa shape index (κ1) is 20.6. The van der Waals surface area contributed by atoms with E-state index in [0.717, 1.165) is 22.8 Å². The molecule has 0 amide bonds. The number of hydrogen-bond acceptors (Lipinski definition) is 6. The number of benzene rings is 1. The fourth-order valence-corrected chi connectivity index (χ4v) is 2.87. The van der Waals surface area contributed by atoms with Crippen LogP contribution in [-0.2, 0) is 4.74 Å². The number of furan rings is 1. The molecule has 1 aromatic carbocycles. The minimum atomic E-state index is -0.788. The number of hydrogen-bond donors (Lipinski definition) is 1. The molecule has 7 heteroatoms. The Morgan fingerprint density at radius 3 is 2.69 bits per heavy atom. The van der Waals surface area contributed by atoms with Crippen molar-refractivity contribution in [3.05, 3.63) is 22.2 Å². The lowest BCUT2D eigenvalue weighted by molar-refractivity contribution is 0.0953. The molecule has 2 rings (SSSR count). The normalized spacial score (nSPS) is 11.6. The van der Waals surface area contributed by atoms with E-state index >= 15 is 0 Å². The Labute approximate surface area is 162 Å². The molecule has 0 radical (unpaired) electrons.